The molecule has 1 aromatic carbocycles. The zero-order chi connectivity index (χ0) is 16.8. The molecule has 1 N–H and O–H groups in total. The van der Waals surface area contributed by atoms with Crippen LogP contribution >= 0.6 is 0 Å². The van der Waals surface area contributed by atoms with Gasteiger partial charge in [0.05, 0.1) is 7.59 Å². The van der Waals surface area contributed by atoms with E-state index in [0.717, 1.165) is 6.54 Å². The van der Waals surface area contributed by atoms with Crippen LogP contribution in [0.5, 0.6) is 0 Å². The molecule has 1 nitrogen and oxygen atoms in total. The molecule has 124 valence electrons. The minimum absolute atomic E-state index is 0.470. The summed E-state index contributed by atoms with van der Waals surface area (Å²) in [4.78, 5) is 0. The number of hydrogen-bond donors (Lipinski definition) is 1. The Balaban J connectivity index is 2.75. The van der Waals surface area contributed by atoms with Gasteiger partial charge in [-0.3, -0.25) is 0 Å². The lowest BCUT2D eigenvalue weighted by atomic mass is 10.2. The van der Waals surface area contributed by atoms with Crippen molar-refractivity contribution in [3.05, 3.63) is 41.6 Å². The van der Waals surface area contributed by atoms with E-state index in [9.17, 15) is 0 Å². The normalized spacial score (nSPS) is 14.5. The molecule has 0 saturated heterocycles. The molecule has 22 heavy (non-hydrogen) atoms. The number of para-hydroxylation sites is 1. The second-order valence-electron chi connectivity index (χ2n) is 8.06. The minimum atomic E-state index is -1.34. The Morgan fingerprint density at radius 2 is 1.73 bits per heavy atom. The second-order valence-corrected chi connectivity index (χ2v) is 21.3. The van der Waals surface area contributed by atoms with E-state index < -0.39 is 15.9 Å². The first-order chi connectivity index (χ1) is 10.2. The highest BCUT2D eigenvalue weighted by molar-refractivity contribution is 7.35. The summed E-state index contributed by atoms with van der Waals surface area (Å²) in [5, 5.41) is 4.05. The Kier molecular flexibility index (Phi) is 7.14. The van der Waals surface area contributed by atoms with Gasteiger partial charge in [-0.05, 0) is 37.4 Å². The third kappa shape index (κ3) is 5.13. The standard InChI is InChI=1S/C19H35NSi2/c1-17(2)16-22(21(6)7,19(3,4)5)15-11-14-20-18-12-9-8-10-13-18/h8-10,12-13,16,20-21H,11,14-15H2,1-7H3. The number of nitrogens with one attached hydrogen (secondary N) is 1. The van der Waals surface area contributed by atoms with Crippen LogP contribution in [0.1, 0.15) is 41.0 Å². The molecule has 0 heterocycles. The van der Waals surface area contributed by atoms with Gasteiger partial charge in [0.25, 0.3) is 0 Å². The predicted molar refractivity (Wildman–Crippen MR) is 108 cm³/mol. The summed E-state index contributed by atoms with van der Waals surface area (Å²) in [5.74, 6) is 0. The summed E-state index contributed by atoms with van der Waals surface area (Å²) < 4.78 is 0. The van der Waals surface area contributed by atoms with Gasteiger partial charge in [-0.2, -0.15) is 0 Å². The number of benzene rings is 1. The molecule has 1 rings (SSSR count). The molecule has 1 aromatic rings. The minimum Gasteiger partial charge on any atom is -0.385 e. The molecule has 0 aliphatic heterocycles. The van der Waals surface area contributed by atoms with Crippen LogP contribution in [0.4, 0.5) is 5.69 Å². The molecule has 1 atom stereocenters. The Labute approximate surface area is 140 Å². The molecule has 0 spiro atoms. The molecule has 0 bridgehead atoms. The maximum absolute atomic E-state index is 3.58. The van der Waals surface area contributed by atoms with E-state index in [0.29, 0.717) is 5.04 Å². The van der Waals surface area contributed by atoms with Crippen molar-refractivity contribution < 1.29 is 0 Å². The lowest BCUT2D eigenvalue weighted by Gasteiger charge is -2.44. The van der Waals surface area contributed by atoms with E-state index in [1.807, 2.05) is 0 Å². The average molecular weight is 334 g/mol. The fourth-order valence-electron chi connectivity index (χ4n) is 3.67. The maximum Gasteiger partial charge on any atom is 0.0721 e. The van der Waals surface area contributed by atoms with E-state index in [-0.39, 0.29) is 0 Å². The molecule has 0 saturated carbocycles. The van der Waals surface area contributed by atoms with Crippen LogP contribution in [0.15, 0.2) is 41.6 Å². The smallest absolute Gasteiger partial charge is 0.0721 e. The van der Waals surface area contributed by atoms with Crippen molar-refractivity contribution in [2.45, 2.75) is 65.2 Å². The van der Waals surface area contributed by atoms with Crippen molar-refractivity contribution in [3.8, 4) is 0 Å². The largest absolute Gasteiger partial charge is 0.385 e. The molecule has 0 fully saturated rings. The first-order valence-electron chi connectivity index (χ1n) is 8.64. The highest BCUT2D eigenvalue weighted by Crippen LogP contribution is 2.42. The number of anilines is 1. The van der Waals surface area contributed by atoms with Crippen LogP contribution in [0.2, 0.25) is 24.2 Å². The summed E-state index contributed by atoms with van der Waals surface area (Å²) in [6.45, 7) is 18.2. The van der Waals surface area contributed by atoms with Gasteiger partial charge in [-0.15, -0.1) is 0 Å². The Hall–Kier alpha value is -0.806. The van der Waals surface area contributed by atoms with Crippen LogP contribution in [0.3, 0.4) is 0 Å². The third-order valence-electron chi connectivity index (χ3n) is 4.84. The van der Waals surface area contributed by atoms with E-state index in [1.54, 1.807) is 0 Å². The lowest BCUT2D eigenvalue weighted by Crippen LogP contribution is -2.54. The topological polar surface area (TPSA) is 12.0 Å². The SMILES string of the molecule is CC(C)=C[Si](CCCNc1ccccc1)([SiH](C)C)C(C)(C)C. The van der Waals surface area contributed by atoms with Crippen molar-refractivity contribution >= 4 is 21.6 Å². The molecule has 0 aliphatic rings. The molecule has 3 heteroatoms. The van der Waals surface area contributed by atoms with E-state index in [2.05, 4.69) is 89.1 Å². The summed E-state index contributed by atoms with van der Waals surface area (Å²) >= 11 is 0. The maximum atomic E-state index is 3.58. The lowest BCUT2D eigenvalue weighted by molar-refractivity contribution is 0.722. The summed E-state index contributed by atoms with van der Waals surface area (Å²) in [7, 11) is -2.02. The average Bonchev–Trinajstić information content (AvgIpc) is 2.41. The molecule has 0 radical (unpaired) electrons. The van der Waals surface area contributed by atoms with Gasteiger partial charge in [0.15, 0.2) is 0 Å². The van der Waals surface area contributed by atoms with Gasteiger partial charge in [0.1, 0.15) is 0 Å². The summed E-state index contributed by atoms with van der Waals surface area (Å²) in [6.07, 6.45) is 1.29. The van der Waals surface area contributed by atoms with E-state index in [1.165, 1.54) is 23.7 Å². The fraction of sp³-hybridized carbons (Fsp3) is 0.579. The van der Waals surface area contributed by atoms with Crippen molar-refractivity contribution in [1.29, 1.82) is 0 Å². The number of rotatable bonds is 7. The Bertz CT molecular complexity index is 470. The first-order valence-corrected chi connectivity index (χ1v) is 15.0. The van der Waals surface area contributed by atoms with Crippen LogP contribution < -0.4 is 5.32 Å². The Morgan fingerprint density at radius 3 is 2.18 bits per heavy atom. The Morgan fingerprint density at radius 1 is 1.14 bits per heavy atom. The van der Waals surface area contributed by atoms with Gasteiger partial charge in [0, 0.05) is 20.5 Å². The van der Waals surface area contributed by atoms with Crippen LogP contribution in [0, 0.1) is 0 Å². The highest BCUT2D eigenvalue weighted by atomic mass is 29.2. The first kappa shape index (κ1) is 19.2. The molecule has 0 aliphatic carbocycles. The van der Waals surface area contributed by atoms with Gasteiger partial charge >= 0.3 is 0 Å². The van der Waals surface area contributed by atoms with Crippen molar-refractivity contribution in [1.82, 2.24) is 0 Å². The second kappa shape index (κ2) is 8.16. The molecule has 0 amide bonds. The zero-order valence-electron chi connectivity index (χ0n) is 15.7. The van der Waals surface area contributed by atoms with Gasteiger partial charge in [0.2, 0.25) is 0 Å². The highest BCUT2D eigenvalue weighted by Gasteiger charge is 2.44. The molecule has 0 aromatic heterocycles. The number of hydrogen-bond acceptors (Lipinski definition) is 1. The molecule has 1 unspecified atom stereocenters. The van der Waals surface area contributed by atoms with Gasteiger partial charge < -0.3 is 5.32 Å². The number of allylic oxidation sites excluding steroid dienone is 1. The zero-order valence-corrected chi connectivity index (χ0v) is 17.8. The van der Waals surface area contributed by atoms with Crippen LogP contribution in [0.25, 0.3) is 0 Å². The summed E-state index contributed by atoms with van der Waals surface area (Å²) in [5.41, 5.74) is 5.50. The van der Waals surface area contributed by atoms with Gasteiger partial charge in [-0.25, -0.2) is 0 Å². The molecular formula is C19H35NSi2. The van der Waals surface area contributed by atoms with Gasteiger partial charge in [-0.1, -0.05) is 69.4 Å². The van der Waals surface area contributed by atoms with E-state index >= 15 is 0 Å². The monoisotopic (exact) mass is 333 g/mol. The van der Waals surface area contributed by atoms with E-state index in [4.69, 9.17) is 0 Å². The third-order valence-corrected chi connectivity index (χ3v) is 22.1. The molecular weight excluding hydrogens is 298 g/mol. The predicted octanol–water partition coefficient (Wildman–Crippen LogP) is 5.81. The quantitative estimate of drug-likeness (QED) is 0.490. The van der Waals surface area contributed by atoms with Crippen LogP contribution in [-0.4, -0.2) is 22.5 Å². The van der Waals surface area contributed by atoms with Crippen LogP contribution in [-0.2, 0) is 0 Å². The van der Waals surface area contributed by atoms with Crippen molar-refractivity contribution in [2.75, 3.05) is 11.9 Å². The fourth-order valence-corrected chi connectivity index (χ4v) is 19.0. The van der Waals surface area contributed by atoms with Crippen molar-refractivity contribution in [3.63, 3.8) is 0 Å². The van der Waals surface area contributed by atoms with Crippen molar-refractivity contribution in [2.24, 2.45) is 0 Å². The summed E-state index contributed by atoms with van der Waals surface area (Å²) in [6, 6.07) is 12.0.